The maximum absolute atomic E-state index is 12.8. The fourth-order valence-corrected chi connectivity index (χ4v) is 2.18. The van der Waals surface area contributed by atoms with Crippen molar-refractivity contribution in [2.24, 2.45) is 0 Å². The van der Waals surface area contributed by atoms with E-state index in [1.165, 1.54) is 19.0 Å². The summed E-state index contributed by atoms with van der Waals surface area (Å²) in [6.07, 6.45) is -3.68. The standard InChI is InChI=1S/C13H14F3NO4S/c1-4-5-22(19,20)21-12(18)9-6-10(13(14,15)16)8-11(7-9)17(2)3/h4,6-8H,1,5H2,2-3H3. The van der Waals surface area contributed by atoms with Crippen LogP contribution in [0.1, 0.15) is 15.9 Å². The van der Waals surface area contributed by atoms with E-state index in [0.717, 1.165) is 18.2 Å². The molecule has 0 radical (unpaired) electrons. The molecule has 0 N–H and O–H groups in total. The normalized spacial score (nSPS) is 11.9. The molecule has 0 aliphatic heterocycles. The van der Waals surface area contributed by atoms with Crippen LogP contribution in [0.3, 0.4) is 0 Å². The van der Waals surface area contributed by atoms with Gasteiger partial charge in [-0.25, -0.2) is 4.79 Å². The fourth-order valence-electron chi connectivity index (χ4n) is 1.49. The number of nitrogens with zero attached hydrogens (tertiary/aromatic N) is 1. The summed E-state index contributed by atoms with van der Waals surface area (Å²) in [5.74, 6) is -2.01. The third kappa shape index (κ3) is 4.76. The largest absolute Gasteiger partial charge is 0.416 e. The number of benzene rings is 1. The summed E-state index contributed by atoms with van der Waals surface area (Å²) in [5, 5.41) is 0. The predicted molar refractivity (Wildman–Crippen MR) is 75.2 cm³/mol. The van der Waals surface area contributed by atoms with Crippen molar-refractivity contribution in [3.05, 3.63) is 42.0 Å². The Morgan fingerprint density at radius 1 is 1.32 bits per heavy atom. The van der Waals surface area contributed by atoms with Crippen molar-refractivity contribution < 1.29 is 30.6 Å². The second kappa shape index (κ2) is 6.39. The maximum atomic E-state index is 12.8. The first-order valence-corrected chi connectivity index (χ1v) is 7.51. The lowest BCUT2D eigenvalue weighted by atomic mass is 10.1. The molecule has 0 atom stereocenters. The van der Waals surface area contributed by atoms with Gasteiger partial charge in [0, 0.05) is 19.8 Å². The average molecular weight is 337 g/mol. The van der Waals surface area contributed by atoms with Gasteiger partial charge in [-0.05, 0) is 18.2 Å². The Kier molecular flexibility index (Phi) is 5.23. The molecule has 5 nitrogen and oxygen atoms in total. The van der Waals surface area contributed by atoms with Crippen LogP contribution in [0.15, 0.2) is 30.9 Å². The molecule has 0 amide bonds. The van der Waals surface area contributed by atoms with Crippen LogP contribution in [0.5, 0.6) is 0 Å². The molecule has 22 heavy (non-hydrogen) atoms. The van der Waals surface area contributed by atoms with Crippen LogP contribution in [-0.4, -0.2) is 34.2 Å². The summed E-state index contributed by atoms with van der Waals surface area (Å²) in [5.41, 5.74) is -1.50. The van der Waals surface area contributed by atoms with Crippen LogP contribution >= 0.6 is 0 Å². The Hall–Kier alpha value is -2.03. The maximum Gasteiger partial charge on any atom is 0.416 e. The molecule has 0 bridgehead atoms. The van der Waals surface area contributed by atoms with Crippen LogP contribution in [0.25, 0.3) is 0 Å². The van der Waals surface area contributed by atoms with Crippen LogP contribution < -0.4 is 4.90 Å². The zero-order chi connectivity index (χ0) is 17.1. The summed E-state index contributed by atoms with van der Waals surface area (Å²) >= 11 is 0. The Morgan fingerprint density at radius 2 is 1.91 bits per heavy atom. The number of hydrogen-bond acceptors (Lipinski definition) is 5. The van der Waals surface area contributed by atoms with E-state index in [1.54, 1.807) is 0 Å². The lowest BCUT2D eigenvalue weighted by molar-refractivity contribution is -0.137. The van der Waals surface area contributed by atoms with Crippen molar-refractivity contribution in [2.75, 3.05) is 24.7 Å². The molecule has 0 fully saturated rings. The molecular weight excluding hydrogens is 323 g/mol. The van der Waals surface area contributed by atoms with Crippen molar-refractivity contribution in [1.82, 2.24) is 0 Å². The first-order valence-electron chi connectivity index (χ1n) is 5.93. The van der Waals surface area contributed by atoms with Crippen LogP contribution in [-0.2, 0) is 20.5 Å². The molecule has 0 unspecified atom stereocenters. The Balaban J connectivity index is 3.26. The molecule has 1 aromatic carbocycles. The van der Waals surface area contributed by atoms with E-state index in [4.69, 9.17) is 0 Å². The summed E-state index contributed by atoms with van der Waals surface area (Å²) in [7, 11) is -1.25. The first kappa shape index (κ1) is 18.0. The highest BCUT2D eigenvalue weighted by atomic mass is 32.2. The fraction of sp³-hybridized carbons (Fsp3) is 0.308. The van der Waals surface area contributed by atoms with Gasteiger partial charge in [-0.15, -0.1) is 6.58 Å². The number of carbonyl (C=O) groups is 1. The smallest absolute Gasteiger partial charge is 0.378 e. The molecule has 122 valence electrons. The van der Waals surface area contributed by atoms with Crippen molar-refractivity contribution in [3.63, 3.8) is 0 Å². The van der Waals surface area contributed by atoms with Gasteiger partial charge < -0.3 is 9.08 Å². The van der Waals surface area contributed by atoms with E-state index >= 15 is 0 Å². The highest BCUT2D eigenvalue weighted by Gasteiger charge is 2.32. The van der Waals surface area contributed by atoms with Gasteiger partial charge in [-0.2, -0.15) is 21.6 Å². The van der Waals surface area contributed by atoms with Gasteiger partial charge in [-0.3, -0.25) is 0 Å². The molecule has 9 heteroatoms. The highest BCUT2D eigenvalue weighted by Crippen LogP contribution is 2.32. The van der Waals surface area contributed by atoms with E-state index in [1.807, 2.05) is 0 Å². The topological polar surface area (TPSA) is 63.7 Å². The molecule has 0 saturated carbocycles. The molecule has 0 aliphatic rings. The summed E-state index contributed by atoms with van der Waals surface area (Å²) in [6, 6.07) is 2.49. The quantitative estimate of drug-likeness (QED) is 0.610. The number of alkyl halides is 3. The van der Waals surface area contributed by atoms with Crippen molar-refractivity contribution in [3.8, 4) is 0 Å². The summed E-state index contributed by atoms with van der Waals surface area (Å²) in [4.78, 5) is 13.1. The Morgan fingerprint density at radius 3 is 2.36 bits per heavy atom. The minimum atomic E-state index is -4.68. The van der Waals surface area contributed by atoms with Crippen molar-refractivity contribution in [1.29, 1.82) is 0 Å². The molecule has 0 saturated heterocycles. The van der Waals surface area contributed by atoms with E-state index in [-0.39, 0.29) is 5.69 Å². The minimum absolute atomic E-state index is 0.0860. The monoisotopic (exact) mass is 337 g/mol. The molecule has 0 spiro atoms. The number of rotatable bonds is 5. The number of carbonyl (C=O) groups excluding carboxylic acids is 1. The van der Waals surface area contributed by atoms with Gasteiger partial charge in [0.25, 0.3) is 0 Å². The zero-order valence-corrected chi connectivity index (χ0v) is 12.7. The predicted octanol–water partition coefficient (Wildman–Crippen LogP) is 2.44. The highest BCUT2D eigenvalue weighted by molar-refractivity contribution is 7.87. The van der Waals surface area contributed by atoms with E-state index in [9.17, 15) is 26.4 Å². The molecule has 0 aromatic heterocycles. The van der Waals surface area contributed by atoms with Gasteiger partial charge in [0.1, 0.15) is 5.75 Å². The summed E-state index contributed by atoms with van der Waals surface area (Å²) < 4.78 is 65.5. The number of anilines is 1. The SMILES string of the molecule is C=CCS(=O)(=O)OC(=O)c1cc(N(C)C)cc(C(F)(F)F)c1. The molecule has 1 rings (SSSR count). The van der Waals surface area contributed by atoms with Crippen molar-refractivity contribution >= 4 is 21.8 Å². The van der Waals surface area contributed by atoms with E-state index in [0.29, 0.717) is 6.07 Å². The third-order valence-corrected chi connectivity index (χ3v) is 3.57. The zero-order valence-electron chi connectivity index (χ0n) is 11.8. The minimum Gasteiger partial charge on any atom is -0.378 e. The molecule has 1 aromatic rings. The summed E-state index contributed by atoms with van der Waals surface area (Å²) in [6.45, 7) is 3.18. The van der Waals surface area contributed by atoms with Crippen LogP contribution in [0.4, 0.5) is 18.9 Å². The van der Waals surface area contributed by atoms with Gasteiger partial charge in [-0.1, -0.05) is 6.08 Å². The second-order valence-corrected chi connectivity index (χ2v) is 6.16. The van der Waals surface area contributed by atoms with E-state index in [2.05, 4.69) is 10.8 Å². The first-order chi connectivity index (χ1) is 9.96. The van der Waals surface area contributed by atoms with E-state index < -0.39 is 39.1 Å². The van der Waals surface area contributed by atoms with Crippen LogP contribution in [0.2, 0.25) is 0 Å². The van der Waals surface area contributed by atoms with Crippen LogP contribution in [0, 0.1) is 0 Å². The van der Waals surface area contributed by atoms with Crippen molar-refractivity contribution in [2.45, 2.75) is 6.18 Å². The Labute approximate surface area is 126 Å². The van der Waals surface area contributed by atoms with Gasteiger partial charge >= 0.3 is 22.3 Å². The molecule has 0 heterocycles. The third-order valence-electron chi connectivity index (χ3n) is 2.52. The van der Waals surface area contributed by atoms with Gasteiger partial charge in [0.2, 0.25) is 0 Å². The molecule has 0 aliphatic carbocycles. The number of hydrogen-bond donors (Lipinski definition) is 0. The Bertz CT molecular complexity index is 681. The van der Waals surface area contributed by atoms with Gasteiger partial charge in [0.15, 0.2) is 0 Å². The van der Waals surface area contributed by atoms with Gasteiger partial charge in [0.05, 0.1) is 11.1 Å². The lowest BCUT2D eigenvalue weighted by Crippen LogP contribution is -2.18. The molecular formula is C13H14F3NO4S. The number of halogens is 3. The average Bonchev–Trinajstić information content (AvgIpc) is 2.36. The second-order valence-electron chi connectivity index (χ2n) is 4.54. The lowest BCUT2D eigenvalue weighted by Gasteiger charge is -2.16.